The summed E-state index contributed by atoms with van der Waals surface area (Å²) in [6.07, 6.45) is 6.75. The summed E-state index contributed by atoms with van der Waals surface area (Å²) in [6, 6.07) is 13.3. The second-order valence-corrected chi connectivity index (χ2v) is 10.4. The Bertz CT molecular complexity index is 1380. The van der Waals surface area contributed by atoms with Crippen LogP contribution in [0.2, 0.25) is 0 Å². The van der Waals surface area contributed by atoms with E-state index < -0.39 is 21.7 Å². The van der Waals surface area contributed by atoms with Gasteiger partial charge in [0.2, 0.25) is 10.0 Å². The lowest BCUT2D eigenvalue weighted by Crippen LogP contribution is -2.39. The van der Waals surface area contributed by atoms with E-state index in [-0.39, 0.29) is 29.7 Å². The van der Waals surface area contributed by atoms with Crippen molar-refractivity contribution in [3.63, 3.8) is 0 Å². The number of ketones is 1. The summed E-state index contributed by atoms with van der Waals surface area (Å²) in [5.41, 5.74) is 1.25. The van der Waals surface area contributed by atoms with Gasteiger partial charge in [0.1, 0.15) is 12.4 Å². The van der Waals surface area contributed by atoms with Crippen LogP contribution in [0.25, 0.3) is 0 Å². The molecule has 4 rings (SSSR count). The van der Waals surface area contributed by atoms with Gasteiger partial charge in [-0.2, -0.15) is 4.31 Å². The molecule has 0 N–H and O–H groups in total. The van der Waals surface area contributed by atoms with Crippen LogP contribution in [0.1, 0.15) is 37.0 Å². The first-order valence-corrected chi connectivity index (χ1v) is 13.2. The molecular formula is C28H28N2O5S. The van der Waals surface area contributed by atoms with Gasteiger partial charge in [-0.1, -0.05) is 36.3 Å². The molecule has 0 radical (unpaired) electrons. The predicted molar refractivity (Wildman–Crippen MR) is 138 cm³/mol. The van der Waals surface area contributed by atoms with Gasteiger partial charge in [-0.15, -0.1) is 5.92 Å². The summed E-state index contributed by atoms with van der Waals surface area (Å²) in [5, 5.41) is 0. The van der Waals surface area contributed by atoms with Crippen molar-refractivity contribution in [2.24, 2.45) is 0 Å². The highest BCUT2D eigenvalue weighted by molar-refractivity contribution is 7.89. The van der Waals surface area contributed by atoms with Crippen molar-refractivity contribution in [2.75, 3.05) is 24.6 Å². The van der Waals surface area contributed by atoms with Gasteiger partial charge in [0, 0.05) is 6.54 Å². The number of carbonyl (C=O) groups is 2. The Labute approximate surface area is 212 Å². The molecule has 2 aliphatic heterocycles. The molecule has 2 aromatic carbocycles. The Morgan fingerprint density at radius 3 is 2.67 bits per heavy atom. The van der Waals surface area contributed by atoms with Gasteiger partial charge < -0.3 is 9.64 Å². The Morgan fingerprint density at radius 1 is 1.17 bits per heavy atom. The zero-order chi connectivity index (χ0) is 25.7. The summed E-state index contributed by atoms with van der Waals surface area (Å²) in [4.78, 5) is 26.9. The van der Waals surface area contributed by atoms with E-state index in [1.54, 1.807) is 13.0 Å². The number of hydrogen-bond donors (Lipinski definition) is 0. The van der Waals surface area contributed by atoms with Gasteiger partial charge in [0.05, 0.1) is 28.7 Å². The van der Waals surface area contributed by atoms with Crippen molar-refractivity contribution in [1.82, 2.24) is 4.31 Å². The van der Waals surface area contributed by atoms with Crippen molar-refractivity contribution in [1.29, 1.82) is 0 Å². The first-order chi connectivity index (χ1) is 17.4. The van der Waals surface area contributed by atoms with E-state index >= 15 is 0 Å². The van der Waals surface area contributed by atoms with Gasteiger partial charge in [0.15, 0.2) is 0 Å². The molecule has 2 aliphatic rings. The van der Waals surface area contributed by atoms with Crippen LogP contribution in [0.15, 0.2) is 77.2 Å². The lowest BCUT2D eigenvalue weighted by Gasteiger charge is -2.24. The third-order valence-electron chi connectivity index (χ3n) is 6.18. The van der Waals surface area contributed by atoms with Crippen molar-refractivity contribution in [3.8, 4) is 17.6 Å². The van der Waals surface area contributed by atoms with Gasteiger partial charge in [-0.25, -0.2) is 8.42 Å². The first-order valence-electron chi connectivity index (χ1n) is 11.8. The Kier molecular flexibility index (Phi) is 7.73. The zero-order valence-corrected chi connectivity index (χ0v) is 21.1. The molecule has 0 saturated carbocycles. The topological polar surface area (TPSA) is 84.0 Å². The van der Waals surface area contributed by atoms with Crippen LogP contribution in [0.3, 0.4) is 0 Å². The van der Waals surface area contributed by atoms with E-state index in [4.69, 9.17) is 4.74 Å². The molecule has 1 amide bonds. The number of hydrogen-bond acceptors (Lipinski definition) is 5. The molecule has 0 aromatic heterocycles. The molecule has 2 heterocycles. The lowest BCUT2D eigenvalue weighted by molar-refractivity contribution is -0.114. The second-order valence-electron chi connectivity index (χ2n) is 8.55. The number of benzene rings is 2. The molecule has 2 aromatic rings. The molecular weight excluding hydrogens is 476 g/mol. The summed E-state index contributed by atoms with van der Waals surface area (Å²) in [7, 11) is -3.89. The minimum absolute atomic E-state index is 0.00284. The maximum absolute atomic E-state index is 13.5. The van der Waals surface area contributed by atoms with Crippen molar-refractivity contribution >= 4 is 27.4 Å². The van der Waals surface area contributed by atoms with E-state index in [2.05, 4.69) is 11.8 Å². The lowest BCUT2D eigenvalue weighted by atomic mass is 10.1. The zero-order valence-electron chi connectivity index (χ0n) is 20.3. The standard InChI is InChI=1S/C28H28N2O5S/c1-3-5-11-21(10-4-2)19-29-26-16-15-24(18-25(26)27(31)28(29)32)36(33,34)30-17-9-12-22(30)20-35-23-13-7-6-8-14-23/h4,6-8,10-11,13-16,18,22H,9,12,17,19-20H2,1-2H3/b10-4-,21-11+/t22-/m0/s1. The van der Waals surface area contributed by atoms with E-state index in [9.17, 15) is 18.0 Å². The molecule has 1 fully saturated rings. The minimum atomic E-state index is -3.89. The average Bonchev–Trinajstić information content (AvgIpc) is 3.46. The van der Waals surface area contributed by atoms with E-state index in [0.717, 1.165) is 12.0 Å². The van der Waals surface area contributed by atoms with Crippen molar-refractivity contribution < 1.29 is 22.7 Å². The van der Waals surface area contributed by atoms with Crippen LogP contribution in [-0.4, -0.2) is 50.2 Å². The molecule has 0 unspecified atom stereocenters. The van der Waals surface area contributed by atoms with Gasteiger partial charge in [-0.05, 0) is 68.7 Å². The molecule has 8 heteroatoms. The third-order valence-corrected chi connectivity index (χ3v) is 8.13. The highest BCUT2D eigenvalue weighted by Gasteiger charge is 2.40. The fourth-order valence-electron chi connectivity index (χ4n) is 4.44. The smallest absolute Gasteiger partial charge is 0.299 e. The highest BCUT2D eigenvalue weighted by atomic mass is 32.2. The van der Waals surface area contributed by atoms with Crippen LogP contribution in [0, 0.1) is 11.8 Å². The molecule has 1 atom stereocenters. The number of amides is 1. The van der Waals surface area contributed by atoms with E-state index in [1.807, 2.05) is 49.4 Å². The molecule has 186 valence electrons. The summed E-state index contributed by atoms with van der Waals surface area (Å²) in [6.45, 7) is 4.33. The fourth-order valence-corrected chi connectivity index (χ4v) is 6.15. The molecule has 7 nitrogen and oxygen atoms in total. The second kappa shape index (κ2) is 10.9. The number of rotatable bonds is 8. The van der Waals surface area contributed by atoms with Crippen molar-refractivity contribution in [2.45, 2.75) is 37.6 Å². The van der Waals surface area contributed by atoms with Crippen LogP contribution in [-0.2, 0) is 14.8 Å². The number of ether oxygens (including phenoxy) is 1. The number of carbonyl (C=O) groups excluding carboxylic acids is 2. The van der Waals surface area contributed by atoms with Gasteiger partial charge >= 0.3 is 0 Å². The predicted octanol–water partition coefficient (Wildman–Crippen LogP) is 3.97. The largest absolute Gasteiger partial charge is 0.492 e. The van der Waals surface area contributed by atoms with E-state index in [0.29, 0.717) is 24.4 Å². The van der Waals surface area contributed by atoms with Crippen LogP contribution in [0.4, 0.5) is 5.69 Å². The molecule has 36 heavy (non-hydrogen) atoms. The number of para-hydroxylation sites is 1. The van der Waals surface area contributed by atoms with Crippen molar-refractivity contribution in [3.05, 3.63) is 77.9 Å². The van der Waals surface area contributed by atoms with Crippen LogP contribution >= 0.6 is 0 Å². The molecule has 0 bridgehead atoms. The average molecular weight is 505 g/mol. The quantitative estimate of drug-likeness (QED) is 0.309. The maximum Gasteiger partial charge on any atom is 0.299 e. The maximum atomic E-state index is 13.5. The number of allylic oxidation sites excluding steroid dienone is 2. The SMILES string of the molecule is CC#C/C=C(\C=C/C)CN1C(=O)C(=O)c2cc(S(=O)(=O)N3CCC[C@H]3COc3ccccc3)ccc21. The Hall–Kier alpha value is -3.67. The molecule has 0 spiro atoms. The summed E-state index contributed by atoms with van der Waals surface area (Å²) < 4.78 is 34.3. The fraction of sp³-hybridized carbons (Fsp3) is 0.286. The van der Waals surface area contributed by atoms with Crippen LogP contribution < -0.4 is 9.64 Å². The first kappa shape index (κ1) is 25.4. The number of sulfonamides is 1. The normalized spacial score (nSPS) is 18.4. The number of anilines is 1. The number of Topliss-reactive ketones (excluding diaryl/α,β-unsaturated/α-hetero) is 1. The highest BCUT2D eigenvalue weighted by Crippen LogP contribution is 2.34. The third kappa shape index (κ3) is 5.13. The minimum Gasteiger partial charge on any atom is -0.492 e. The summed E-state index contributed by atoms with van der Waals surface area (Å²) in [5.74, 6) is 4.92. The summed E-state index contributed by atoms with van der Waals surface area (Å²) >= 11 is 0. The number of nitrogens with zero attached hydrogens (tertiary/aromatic N) is 2. The number of fused-ring (bicyclic) bond motifs is 1. The molecule has 0 aliphatic carbocycles. The molecule has 1 saturated heterocycles. The van der Waals surface area contributed by atoms with E-state index in [1.165, 1.54) is 27.4 Å². The van der Waals surface area contributed by atoms with Gasteiger partial charge in [-0.3, -0.25) is 9.59 Å². The van der Waals surface area contributed by atoms with Gasteiger partial charge in [0.25, 0.3) is 11.7 Å². The monoisotopic (exact) mass is 504 g/mol. The van der Waals surface area contributed by atoms with Crippen LogP contribution in [0.5, 0.6) is 5.75 Å². The Morgan fingerprint density at radius 2 is 1.94 bits per heavy atom. The Balaban J connectivity index is 1.58.